The van der Waals surface area contributed by atoms with Crippen LogP contribution >= 0.6 is 11.6 Å². The zero-order valence-corrected chi connectivity index (χ0v) is 9.12. The summed E-state index contributed by atoms with van der Waals surface area (Å²) in [6.45, 7) is 2.06. The molecule has 0 spiro atoms. The first-order valence-electron chi connectivity index (χ1n) is 4.54. The minimum atomic E-state index is -0.463. The predicted octanol–water partition coefficient (Wildman–Crippen LogP) is 2.20. The number of rotatable bonds is 3. The smallest absolute Gasteiger partial charge is 0.332 e. The number of hydrogen-bond donors (Lipinski definition) is 1. The van der Waals surface area contributed by atoms with Crippen LogP contribution in [0.1, 0.15) is 12.5 Å². The maximum atomic E-state index is 11.1. The van der Waals surface area contributed by atoms with E-state index in [1.54, 1.807) is 31.2 Å². The molecule has 4 heteroatoms. The molecular weight excluding hydrogens is 214 g/mol. The van der Waals surface area contributed by atoms with Gasteiger partial charge in [0.05, 0.1) is 6.61 Å². The molecule has 0 fully saturated rings. The van der Waals surface area contributed by atoms with E-state index in [4.69, 9.17) is 22.1 Å². The summed E-state index contributed by atoms with van der Waals surface area (Å²) in [6.07, 6.45) is 1.23. The predicted molar refractivity (Wildman–Crippen MR) is 60.2 cm³/mol. The summed E-state index contributed by atoms with van der Waals surface area (Å²) in [4.78, 5) is 11.1. The lowest BCUT2D eigenvalue weighted by atomic mass is 10.1. The summed E-state index contributed by atoms with van der Waals surface area (Å²) < 4.78 is 4.74. The van der Waals surface area contributed by atoms with Crippen molar-refractivity contribution < 1.29 is 9.53 Å². The molecule has 1 rings (SSSR count). The molecule has 0 bridgehead atoms. The van der Waals surface area contributed by atoms with Gasteiger partial charge in [0.2, 0.25) is 0 Å². The summed E-state index contributed by atoms with van der Waals surface area (Å²) in [5.74, 6) is -0.463. The molecule has 15 heavy (non-hydrogen) atoms. The van der Waals surface area contributed by atoms with Crippen LogP contribution < -0.4 is 5.73 Å². The van der Waals surface area contributed by atoms with E-state index < -0.39 is 5.97 Å². The number of carbonyl (C=O) groups is 1. The van der Waals surface area contributed by atoms with Crippen molar-refractivity contribution in [3.05, 3.63) is 40.9 Å². The Hall–Kier alpha value is -1.48. The van der Waals surface area contributed by atoms with E-state index >= 15 is 0 Å². The molecule has 0 radical (unpaired) electrons. The van der Waals surface area contributed by atoms with E-state index in [-0.39, 0.29) is 0 Å². The van der Waals surface area contributed by atoms with Gasteiger partial charge in [0.1, 0.15) is 0 Å². The fourth-order valence-corrected chi connectivity index (χ4v) is 1.33. The maximum absolute atomic E-state index is 11.1. The zero-order valence-electron chi connectivity index (χ0n) is 8.37. The molecule has 0 aliphatic heterocycles. The standard InChI is InChI=1S/C11H12ClNO2/c1-2-15-11(14)7-10(13)8-5-3-4-6-9(8)12/h3-7H,2,13H2,1H3. The minimum absolute atomic E-state index is 0.305. The molecule has 0 unspecified atom stereocenters. The van der Waals surface area contributed by atoms with E-state index in [9.17, 15) is 4.79 Å². The summed E-state index contributed by atoms with van der Waals surface area (Å²) in [6, 6.07) is 7.05. The van der Waals surface area contributed by atoms with Crippen molar-refractivity contribution in [2.45, 2.75) is 6.92 Å². The molecule has 1 aromatic carbocycles. The van der Waals surface area contributed by atoms with Crippen LogP contribution in [-0.4, -0.2) is 12.6 Å². The fourth-order valence-electron chi connectivity index (χ4n) is 1.08. The van der Waals surface area contributed by atoms with Crippen molar-refractivity contribution in [1.29, 1.82) is 0 Å². The molecular formula is C11H12ClNO2. The van der Waals surface area contributed by atoms with Crippen LogP contribution in [0.25, 0.3) is 5.70 Å². The molecule has 0 atom stereocenters. The normalized spacial score (nSPS) is 11.2. The number of nitrogens with two attached hydrogens (primary N) is 1. The maximum Gasteiger partial charge on any atom is 0.332 e. The van der Waals surface area contributed by atoms with Crippen LogP contribution in [-0.2, 0) is 9.53 Å². The Balaban J connectivity index is 2.89. The molecule has 0 aliphatic rings. The van der Waals surface area contributed by atoms with Crippen LogP contribution in [0.5, 0.6) is 0 Å². The third-order valence-electron chi connectivity index (χ3n) is 1.74. The lowest BCUT2D eigenvalue weighted by Crippen LogP contribution is -2.05. The van der Waals surface area contributed by atoms with Crippen LogP contribution in [0.15, 0.2) is 30.3 Å². The number of halogens is 1. The van der Waals surface area contributed by atoms with Gasteiger partial charge < -0.3 is 10.5 Å². The van der Waals surface area contributed by atoms with Gasteiger partial charge in [0.15, 0.2) is 0 Å². The molecule has 0 aromatic heterocycles. The topological polar surface area (TPSA) is 52.3 Å². The van der Waals surface area contributed by atoms with E-state index in [2.05, 4.69) is 0 Å². The summed E-state index contributed by atoms with van der Waals surface area (Å²) in [7, 11) is 0. The van der Waals surface area contributed by atoms with Crippen molar-refractivity contribution in [1.82, 2.24) is 0 Å². The Kier molecular flexibility index (Phi) is 4.18. The lowest BCUT2D eigenvalue weighted by Gasteiger charge is -2.03. The first kappa shape index (κ1) is 11.6. The van der Waals surface area contributed by atoms with E-state index in [0.29, 0.717) is 22.9 Å². The van der Waals surface area contributed by atoms with Crippen LogP contribution in [0, 0.1) is 0 Å². The van der Waals surface area contributed by atoms with Gasteiger partial charge in [-0.05, 0) is 13.0 Å². The highest BCUT2D eigenvalue weighted by atomic mass is 35.5. The largest absolute Gasteiger partial charge is 0.463 e. The molecule has 0 saturated heterocycles. The number of esters is 1. The second-order valence-electron chi connectivity index (χ2n) is 2.83. The minimum Gasteiger partial charge on any atom is -0.463 e. The quantitative estimate of drug-likeness (QED) is 0.634. The second-order valence-corrected chi connectivity index (χ2v) is 3.24. The Labute approximate surface area is 93.5 Å². The van der Waals surface area contributed by atoms with Crippen molar-refractivity contribution in [3.8, 4) is 0 Å². The summed E-state index contributed by atoms with van der Waals surface area (Å²) in [5.41, 5.74) is 6.64. The average Bonchev–Trinajstić information content (AvgIpc) is 2.18. The number of ether oxygens (including phenoxy) is 1. The number of hydrogen-bond acceptors (Lipinski definition) is 3. The van der Waals surface area contributed by atoms with Gasteiger partial charge >= 0.3 is 5.97 Å². The molecule has 0 amide bonds. The molecule has 0 saturated carbocycles. The first-order valence-corrected chi connectivity index (χ1v) is 4.91. The average molecular weight is 226 g/mol. The number of benzene rings is 1. The van der Waals surface area contributed by atoms with E-state index in [1.807, 2.05) is 0 Å². The molecule has 0 heterocycles. The van der Waals surface area contributed by atoms with Gasteiger partial charge in [-0.25, -0.2) is 4.79 Å². The highest BCUT2D eigenvalue weighted by Crippen LogP contribution is 2.19. The van der Waals surface area contributed by atoms with E-state index in [1.165, 1.54) is 6.08 Å². The van der Waals surface area contributed by atoms with Crippen LogP contribution in [0.3, 0.4) is 0 Å². The fraction of sp³-hybridized carbons (Fsp3) is 0.182. The Morgan fingerprint density at radius 1 is 1.53 bits per heavy atom. The second kappa shape index (κ2) is 5.41. The molecule has 0 aliphatic carbocycles. The SMILES string of the molecule is CCOC(=O)C=C(N)c1ccccc1Cl. The van der Waals surface area contributed by atoms with Crippen molar-refractivity contribution in [3.63, 3.8) is 0 Å². The van der Waals surface area contributed by atoms with Gasteiger partial charge in [-0.1, -0.05) is 29.8 Å². The van der Waals surface area contributed by atoms with Gasteiger partial charge in [0, 0.05) is 22.4 Å². The van der Waals surface area contributed by atoms with Crippen molar-refractivity contribution in [2.24, 2.45) is 5.73 Å². The van der Waals surface area contributed by atoms with Crippen molar-refractivity contribution >= 4 is 23.3 Å². The van der Waals surface area contributed by atoms with Crippen molar-refractivity contribution in [2.75, 3.05) is 6.61 Å². The van der Waals surface area contributed by atoms with Gasteiger partial charge in [0.25, 0.3) is 0 Å². The molecule has 1 aromatic rings. The van der Waals surface area contributed by atoms with E-state index in [0.717, 1.165) is 0 Å². The summed E-state index contributed by atoms with van der Waals surface area (Å²) >= 11 is 5.91. The Morgan fingerprint density at radius 3 is 2.80 bits per heavy atom. The van der Waals surface area contributed by atoms with Gasteiger partial charge in [-0.2, -0.15) is 0 Å². The highest BCUT2D eigenvalue weighted by Gasteiger charge is 2.04. The lowest BCUT2D eigenvalue weighted by molar-refractivity contribution is -0.137. The van der Waals surface area contributed by atoms with Gasteiger partial charge in [-0.15, -0.1) is 0 Å². The highest BCUT2D eigenvalue weighted by molar-refractivity contribution is 6.32. The molecule has 3 nitrogen and oxygen atoms in total. The third-order valence-corrected chi connectivity index (χ3v) is 2.07. The zero-order chi connectivity index (χ0) is 11.3. The first-order chi connectivity index (χ1) is 7.15. The van der Waals surface area contributed by atoms with Crippen LogP contribution in [0.2, 0.25) is 5.02 Å². The molecule has 2 N–H and O–H groups in total. The molecule has 80 valence electrons. The Morgan fingerprint density at radius 2 is 2.20 bits per heavy atom. The van der Waals surface area contributed by atoms with Gasteiger partial charge in [-0.3, -0.25) is 0 Å². The Bertz CT molecular complexity index is 388. The third kappa shape index (κ3) is 3.29. The van der Waals surface area contributed by atoms with Crippen LogP contribution in [0.4, 0.5) is 0 Å². The number of carbonyl (C=O) groups excluding carboxylic acids is 1. The monoisotopic (exact) mass is 225 g/mol. The summed E-state index contributed by atoms with van der Waals surface area (Å²) in [5, 5.41) is 0.510.